The van der Waals surface area contributed by atoms with Crippen molar-refractivity contribution < 1.29 is 14.6 Å². The van der Waals surface area contributed by atoms with Crippen molar-refractivity contribution in [3.05, 3.63) is 54.0 Å². The molecule has 0 atom stereocenters. The molecular weight excluding hydrogens is 346 g/mol. The molecule has 0 aliphatic carbocycles. The lowest BCUT2D eigenvalue weighted by atomic mass is 10.1. The molecule has 8 nitrogen and oxygen atoms in total. The molecule has 140 valence electrons. The molecule has 2 heterocycles. The molecule has 0 amide bonds. The minimum Gasteiger partial charge on any atom is -0.493 e. The summed E-state index contributed by atoms with van der Waals surface area (Å²) < 4.78 is 7.23. The molecule has 0 saturated carbocycles. The monoisotopic (exact) mass is 367 g/mol. The van der Waals surface area contributed by atoms with Crippen LogP contribution in [-0.4, -0.2) is 37.4 Å². The van der Waals surface area contributed by atoms with Crippen LogP contribution in [0.5, 0.6) is 5.75 Å². The maximum atomic E-state index is 11.5. The van der Waals surface area contributed by atoms with E-state index in [1.54, 1.807) is 36.7 Å². The lowest BCUT2D eigenvalue weighted by Crippen LogP contribution is -2.05. The van der Waals surface area contributed by atoms with E-state index in [1.165, 1.54) is 0 Å². The third-order valence-corrected chi connectivity index (χ3v) is 3.92. The maximum absolute atomic E-state index is 11.5. The summed E-state index contributed by atoms with van der Waals surface area (Å²) in [6, 6.07) is 6.73. The Balaban J connectivity index is 1.80. The highest BCUT2D eigenvalue weighted by atomic mass is 16.5. The standard InChI is InChI=1S/C19H21N5O3/c1-3-24-12-13(11-22-24)10-21-19-20-8-7-16(23-19)14-5-6-17(27-4-2)15(9-14)18(25)26/h5-9,11-12H,3-4,10H2,1-2H3,(H,25,26)(H,20,21,23). The van der Waals surface area contributed by atoms with Crippen molar-refractivity contribution in [3.63, 3.8) is 0 Å². The van der Waals surface area contributed by atoms with Crippen molar-refractivity contribution in [1.29, 1.82) is 0 Å². The molecule has 8 heteroatoms. The molecule has 0 aliphatic heterocycles. The van der Waals surface area contributed by atoms with E-state index in [1.807, 2.05) is 24.7 Å². The minimum atomic E-state index is -1.04. The normalized spacial score (nSPS) is 10.6. The average Bonchev–Trinajstić information content (AvgIpc) is 3.15. The third-order valence-electron chi connectivity index (χ3n) is 3.92. The number of aromatic nitrogens is 4. The number of hydrogen-bond donors (Lipinski definition) is 2. The number of hydrogen-bond acceptors (Lipinski definition) is 6. The Morgan fingerprint density at radius 3 is 2.85 bits per heavy atom. The Morgan fingerprint density at radius 1 is 1.30 bits per heavy atom. The molecule has 27 heavy (non-hydrogen) atoms. The highest BCUT2D eigenvalue weighted by Gasteiger charge is 2.14. The number of nitrogens with zero attached hydrogens (tertiary/aromatic N) is 4. The molecular formula is C19H21N5O3. The minimum absolute atomic E-state index is 0.106. The van der Waals surface area contributed by atoms with Crippen molar-refractivity contribution in [1.82, 2.24) is 19.7 Å². The second-order valence-corrected chi connectivity index (χ2v) is 5.77. The van der Waals surface area contributed by atoms with Crippen LogP contribution in [0.15, 0.2) is 42.9 Å². The molecule has 0 saturated heterocycles. The number of benzene rings is 1. The van der Waals surface area contributed by atoms with Crippen LogP contribution in [0.3, 0.4) is 0 Å². The van der Waals surface area contributed by atoms with E-state index in [9.17, 15) is 9.90 Å². The zero-order valence-corrected chi connectivity index (χ0v) is 15.2. The number of aryl methyl sites for hydroxylation is 1. The Kier molecular flexibility index (Phi) is 5.65. The van der Waals surface area contributed by atoms with Crippen LogP contribution >= 0.6 is 0 Å². The fourth-order valence-corrected chi connectivity index (χ4v) is 2.59. The second kappa shape index (κ2) is 8.31. The first-order chi connectivity index (χ1) is 13.1. The van der Waals surface area contributed by atoms with Gasteiger partial charge in [0, 0.05) is 36.6 Å². The van der Waals surface area contributed by atoms with Crippen LogP contribution in [0.4, 0.5) is 5.95 Å². The van der Waals surface area contributed by atoms with Gasteiger partial charge in [0.05, 0.1) is 18.5 Å². The number of rotatable bonds is 8. The fourth-order valence-electron chi connectivity index (χ4n) is 2.59. The predicted molar refractivity (Wildman–Crippen MR) is 101 cm³/mol. The van der Waals surface area contributed by atoms with Gasteiger partial charge in [0.2, 0.25) is 5.95 Å². The van der Waals surface area contributed by atoms with Gasteiger partial charge in [0.1, 0.15) is 11.3 Å². The summed E-state index contributed by atoms with van der Waals surface area (Å²) in [6.45, 7) is 5.60. The van der Waals surface area contributed by atoms with Gasteiger partial charge >= 0.3 is 5.97 Å². The van der Waals surface area contributed by atoms with Crippen molar-refractivity contribution in [2.24, 2.45) is 0 Å². The van der Waals surface area contributed by atoms with Crippen molar-refractivity contribution in [2.75, 3.05) is 11.9 Å². The highest BCUT2D eigenvalue weighted by Crippen LogP contribution is 2.26. The lowest BCUT2D eigenvalue weighted by molar-refractivity contribution is 0.0692. The molecule has 0 fully saturated rings. The van der Waals surface area contributed by atoms with Crippen LogP contribution in [0, 0.1) is 0 Å². The summed E-state index contributed by atoms with van der Waals surface area (Å²) in [6.07, 6.45) is 5.39. The van der Waals surface area contributed by atoms with Gasteiger partial charge in [-0.2, -0.15) is 5.10 Å². The molecule has 2 aromatic heterocycles. The molecule has 1 aromatic carbocycles. The molecule has 2 N–H and O–H groups in total. The number of ether oxygens (including phenoxy) is 1. The van der Waals surface area contributed by atoms with Gasteiger partial charge in [-0.3, -0.25) is 4.68 Å². The number of carboxylic acid groups (broad SMARTS) is 1. The first-order valence-corrected chi connectivity index (χ1v) is 8.69. The fraction of sp³-hybridized carbons (Fsp3) is 0.263. The quantitative estimate of drug-likeness (QED) is 0.631. The van der Waals surface area contributed by atoms with Crippen molar-refractivity contribution in [2.45, 2.75) is 26.9 Å². The van der Waals surface area contributed by atoms with Crippen LogP contribution in [0.1, 0.15) is 29.8 Å². The SMILES string of the molecule is CCOc1ccc(-c2ccnc(NCc3cnn(CC)c3)n2)cc1C(=O)O. The Labute approximate surface area is 156 Å². The third kappa shape index (κ3) is 4.41. The summed E-state index contributed by atoms with van der Waals surface area (Å²) in [5, 5.41) is 16.8. The number of aromatic carboxylic acids is 1. The summed E-state index contributed by atoms with van der Waals surface area (Å²) in [4.78, 5) is 20.2. The van der Waals surface area contributed by atoms with Gasteiger partial charge in [-0.15, -0.1) is 0 Å². The topological polar surface area (TPSA) is 102 Å². The van der Waals surface area contributed by atoms with E-state index in [-0.39, 0.29) is 5.56 Å². The van der Waals surface area contributed by atoms with E-state index >= 15 is 0 Å². The average molecular weight is 367 g/mol. The van der Waals surface area contributed by atoms with E-state index in [2.05, 4.69) is 20.4 Å². The van der Waals surface area contributed by atoms with Gasteiger partial charge in [-0.25, -0.2) is 14.8 Å². The van der Waals surface area contributed by atoms with Crippen molar-refractivity contribution in [3.8, 4) is 17.0 Å². The second-order valence-electron chi connectivity index (χ2n) is 5.77. The smallest absolute Gasteiger partial charge is 0.339 e. The molecule has 0 unspecified atom stereocenters. The van der Waals surface area contributed by atoms with E-state index in [4.69, 9.17) is 4.74 Å². The largest absolute Gasteiger partial charge is 0.493 e. The summed E-state index contributed by atoms with van der Waals surface area (Å²) in [7, 11) is 0. The number of nitrogens with one attached hydrogen (secondary N) is 1. The summed E-state index contributed by atoms with van der Waals surface area (Å²) in [5.74, 6) is -0.239. The molecule has 0 spiro atoms. The predicted octanol–water partition coefficient (Wildman–Crippen LogP) is 3.07. The summed E-state index contributed by atoms with van der Waals surface area (Å²) >= 11 is 0. The number of anilines is 1. The van der Waals surface area contributed by atoms with Crippen LogP contribution < -0.4 is 10.1 Å². The van der Waals surface area contributed by atoms with Crippen molar-refractivity contribution >= 4 is 11.9 Å². The highest BCUT2D eigenvalue weighted by molar-refractivity contribution is 5.92. The van der Waals surface area contributed by atoms with E-state index in [0.29, 0.717) is 36.1 Å². The number of carboxylic acids is 1. The molecule has 3 aromatic rings. The van der Waals surface area contributed by atoms with E-state index < -0.39 is 5.97 Å². The van der Waals surface area contributed by atoms with Gasteiger partial charge in [-0.1, -0.05) is 0 Å². The zero-order chi connectivity index (χ0) is 19.2. The molecule has 0 radical (unpaired) electrons. The maximum Gasteiger partial charge on any atom is 0.339 e. The van der Waals surface area contributed by atoms with Gasteiger partial charge in [0.15, 0.2) is 0 Å². The van der Waals surface area contributed by atoms with Crippen LogP contribution in [0.25, 0.3) is 11.3 Å². The molecule has 0 aliphatic rings. The van der Waals surface area contributed by atoms with E-state index in [0.717, 1.165) is 12.1 Å². The Morgan fingerprint density at radius 2 is 2.15 bits per heavy atom. The van der Waals surface area contributed by atoms with Crippen LogP contribution in [-0.2, 0) is 13.1 Å². The molecule has 3 rings (SSSR count). The Bertz CT molecular complexity index is 939. The lowest BCUT2D eigenvalue weighted by Gasteiger charge is -2.10. The Hall–Kier alpha value is -3.42. The number of carbonyl (C=O) groups is 1. The van der Waals surface area contributed by atoms with Crippen LogP contribution in [0.2, 0.25) is 0 Å². The van der Waals surface area contributed by atoms with Gasteiger partial charge < -0.3 is 15.2 Å². The molecule has 0 bridgehead atoms. The van der Waals surface area contributed by atoms with Gasteiger partial charge in [0.25, 0.3) is 0 Å². The first kappa shape index (κ1) is 18.4. The zero-order valence-electron chi connectivity index (χ0n) is 15.2. The van der Waals surface area contributed by atoms with Gasteiger partial charge in [-0.05, 0) is 38.1 Å². The summed E-state index contributed by atoms with van der Waals surface area (Å²) in [5.41, 5.74) is 2.44. The first-order valence-electron chi connectivity index (χ1n) is 8.69.